The highest BCUT2D eigenvalue weighted by Crippen LogP contribution is 2.15. The molecular weight excluding hydrogens is 264 g/mol. The molecule has 1 atom stereocenters. The third kappa shape index (κ3) is 7.34. The third-order valence-corrected chi connectivity index (χ3v) is 3.52. The fraction of sp³-hybridized carbons (Fsp3) is 0.647. The van der Waals surface area contributed by atoms with Crippen LogP contribution in [0.1, 0.15) is 40.0 Å². The average Bonchev–Trinajstić information content (AvgIpc) is 2.44. The molecule has 0 saturated heterocycles. The molecule has 0 saturated carbocycles. The number of benzene rings is 1. The van der Waals surface area contributed by atoms with Gasteiger partial charge >= 0.3 is 0 Å². The molecule has 1 aromatic rings. The van der Waals surface area contributed by atoms with Crippen molar-refractivity contribution in [3.8, 4) is 5.75 Å². The van der Waals surface area contributed by atoms with E-state index in [1.165, 1.54) is 19.3 Å². The molecule has 0 heterocycles. The Hall–Kier alpha value is -1.26. The second-order valence-corrected chi connectivity index (χ2v) is 5.83. The molecule has 0 amide bonds. The molecule has 0 fully saturated rings. The van der Waals surface area contributed by atoms with Gasteiger partial charge in [-0.15, -0.1) is 0 Å². The fourth-order valence-electron chi connectivity index (χ4n) is 2.25. The maximum absolute atomic E-state index is 10.2. The van der Waals surface area contributed by atoms with Gasteiger partial charge in [-0.1, -0.05) is 25.8 Å². The Morgan fingerprint density at radius 2 is 2.05 bits per heavy atom. The first-order valence-electron chi connectivity index (χ1n) is 7.93. The number of aliphatic hydroxyl groups excluding tert-OH is 1. The van der Waals surface area contributed by atoms with Crippen LogP contribution in [0.5, 0.6) is 5.75 Å². The Morgan fingerprint density at radius 3 is 2.67 bits per heavy atom. The lowest BCUT2D eigenvalue weighted by molar-refractivity contribution is 0.0568. The molecular formula is C17H30N2O2. The normalized spacial score (nSPS) is 12.9. The topological polar surface area (TPSA) is 58.7 Å². The lowest BCUT2D eigenvalue weighted by atomic mass is 10.2. The minimum Gasteiger partial charge on any atom is -0.491 e. The van der Waals surface area contributed by atoms with Crippen molar-refractivity contribution in [3.63, 3.8) is 0 Å². The molecule has 0 aliphatic carbocycles. The Labute approximate surface area is 128 Å². The number of nitrogens with zero attached hydrogens (tertiary/aromatic N) is 1. The quantitative estimate of drug-likeness (QED) is 0.514. The van der Waals surface area contributed by atoms with Crippen LogP contribution in [0.15, 0.2) is 24.3 Å². The van der Waals surface area contributed by atoms with Crippen LogP contribution < -0.4 is 10.5 Å². The van der Waals surface area contributed by atoms with Gasteiger partial charge in [0, 0.05) is 24.3 Å². The molecule has 21 heavy (non-hydrogen) atoms. The van der Waals surface area contributed by atoms with Crippen molar-refractivity contribution < 1.29 is 9.84 Å². The molecule has 0 aromatic heterocycles. The van der Waals surface area contributed by atoms with Crippen LogP contribution in [-0.2, 0) is 0 Å². The summed E-state index contributed by atoms with van der Waals surface area (Å²) in [5, 5.41) is 10.2. The van der Waals surface area contributed by atoms with Crippen LogP contribution in [0.2, 0.25) is 0 Å². The number of nitrogens with two attached hydrogens (primary N) is 1. The van der Waals surface area contributed by atoms with Gasteiger partial charge in [-0.2, -0.15) is 0 Å². The van der Waals surface area contributed by atoms with Crippen molar-refractivity contribution >= 4 is 5.69 Å². The Bertz CT molecular complexity index is 396. The standard InChI is InChI=1S/C17H30N2O2/c1-4-5-6-10-19(14(2)3)12-16(20)13-21-17-9-7-8-15(18)11-17/h7-9,11,14,16,20H,4-6,10,12-13,18H2,1-3H3. The summed E-state index contributed by atoms with van der Waals surface area (Å²) in [5.74, 6) is 0.705. The molecule has 3 N–H and O–H groups in total. The lowest BCUT2D eigenvalue weighted by Gasteiger charge is -2.28. The summed E-state index contributed by atoms with van der Waals surface area (Å²) in [7, 11) is 0. The zero-order valence-corrected chi connectivity index (χ0v) is 13.6. The Kier molecular flexibility index (Phi) is 8.16. The number of ether oxygens (including phenoxy) is 1. The van der Waals surface area contributed by atoms with E-state index in [-0.39, 0.29) is 0 Å². The molecule has 0 spiro atoms. The van der Waals surface area contributed by atoms with Gasteiger partial charge in [0.2, 0.25) is 0 Å². The number of anilines is 1. The van der Waals surface area contributed by atoms with E-state index in [1.807, 2.05) is 18.2 Å². The van der Waals surface area contributed by atoms with Crippen molar-refractivity contribution in [3.05, 3.63) is 24.3 Å². The summed E-state index contributed by atoms with van der Waals surface area (Å²) in [6.45, 7) is 8.49. The minimum atomic E-state index is -0.490. The van der Waals surface area contributed by atoms with E-state index in [4.69, 9.17) is 10.5 Å². The number of hydrogen-bond donors (Lipinski definition) is 2. The van der Waals surface area contributed by atoms with Gasteiger partial charge in [0.1, 0.15) is 18.5 Å². The Morgan fingerprint density at radius 1 is 1.29 bits per heavy atom. The summed E-state index contributed by atoms with van der Waals surface area (Å²) in [5.41, 5.74) is 6.37. The van der Waals surface area contributed by atoms with Crippen molar-refractivity contribution in [1.82, 2.24) is 4.90 Å². The van der Waals surface area contributed by atoms with Gasteiger partial charge in [0.25, 0.3) is 0 Å². The van der Waals surface area contributed by atoms with Crippen molar-refractivity contribution in [2.24, 2.45) is 0 Å². The summed E-state index contributed by atoms with van der Waals surface area (Å²) in [6.07, 6.45) is 3.14. The molecule has 0 aliphatic rings. The predicted octanol–water partition coefficient (Wildman–Crippen LogP) is 2.91. The SMILES string of the molecule is CCCCCN(CC(O)COc1cccc(N)c1)C(C)C. The van der Waals surface area contributed by atoms with Gasteiger partial charge < -0.3 is 15.6 Å². The summed E-state index contributed by atoms with van der Waals surface area (Å²) < 4.78 is 5.60. The smallest absolute Gasteiger partial charge is 0.121 e. The number of unbranched alkanes of at least 4 members (excludes halogenated alkanes) is 2. The number of aliphatic hydroxyl groups is 1. The molecule has 4 heteroatoms. The molecule has 120 valence electrons. The van der Waals surface area contributed by atoms with Gasteiger partial charge in [-0.05, 0) is 38.9 Å². The third-order valence-electron chi connectivity index (χ3n) is 3.52. The van der Waals surface area contributed by atoms with Crippen LogP contribution in [0.3, 0.4) is 0 Å². The first-order chi connectivity index (χ1) is 10.0. The molecule has 4 nitrogen and oxygen atoms in total. The summed E-state index contributed by atoms with van der Waals surface area (Å²) in [4.78, 5) is 2.31. The van der Waals surface area contributed by atoms with E-state index in [2.05, 4.69) is 25.7 Å². The predicted molar refractivity (Wildman–Crippen MR) is 88.6 cm³/mol. The van der Waals surface area contributed by atoms with Crippen molar-refractivity contribution in [2.45, 2.75) is 52.2 Å². The van der Waals surface area contributed by atoms with Crippen molar-refractivity contribution in [1.29, 1.82) is 0 Å². The minimum absolute atomic E-state index is 0.292. The van der Waals surface area contributed by atoms with E-state index in [0.717, 1.165) is 6.54 Å². The van der Waals surface area contributed by atoms with Crippen LogP contribution in [-0.4, -0.2) is 41.8 Å². The lowest BCUT2D eigenvalue weighted by Crippen LogP contribution is -2.40. The highest BCUT2D eigenvalue weighted by molar-refractivity contribution is 5.43. The van der Waals surface area contributed by atoms with E-state index >= 15 is 0 Å². The zero-order valence-electron chi connectivity index (χ0n) is 13.6. The van der Waals surface area contributed by atoms with Gasteiger partial charge in [-0.3, -0.25) is 4.90 Å². The fourth-order valence-corrected chi connectivity index (χ4v) is 2.25. The largest absolute Gasteiger partial charge is 0.491 e. The van der Waals surface area contributed by atoms with Gasteiger partial charge in [0.15, 0.2) is 0 Å². The number of hydrogen-bond acceptors (Lipinski definition) is 4. The monoisotopic (exact) mass is 294 g/mol. The second kappa shape index (κ2) is 9.64. The molecule has 0 radical (unpaired) electrons. The second-order valence-electron chi connectivity index (χ2n) is 5.83. The molecule has 0 bridgehead atoms. The summed E-state index contributed by atoms with van der Waals surface area (Å²) >= 11 is 0. The highest BCUT2D eigenvalue weighted by atomic mass is 16.5. The van der Waals surface area contributed by atoms with Crippen LogP contribution >= 0.6 is 0 Å². The molecule has 1 unspecified atom stereocenters. The first kappa shape index (κ1) is 17.8. The van der Waals surface area contributed by atoms with Crippen molar-refractivity contribution in [2.75, 3.05) is 25.4 Å². The van der Waals surface area contributed by atoms with Gasteiger partial charge in [-0.25, -0.2) is 0 Å². The maximum Gasteiger partial charge on any atom is 0.121 e. The van der Waals surface area contributed by atoms with Crippen LogP contribution in [0.25, 0.3) is 0 Å². The first-order valence-corrected chi connectivity index (χ1v) is 7.93. The van der Waals surface area contributed by atoms with E-state index < -0.39 is 6.10 Å². The van der Waals surface area contributed by atoms with Gasteiger partial charge in [0.05, 0.1) is 0 Å². The van der Waals surface area contributed by atoms with Crippen LogP contribution in [0.4, 0.5) is 5.69 Å². The molecule has 1 aromatic carbocycles. The highest BCUT2D eigenvalue weighted by Gasteiger charge is 2.15. The number of rotatable bonds is 10. The number of nitrogen functional groups attached to an aromatic ring is 1. The molecule has 0 aliphatic heterocycles. The van der Waals surface area contributed by atoms with E-state index in [9.17, 15) is 5.11 Å². The maximum atomic E-state index is 10.2. The Balaban J connectivity index is 2.37. The van der Waals surface area contributed by atoms with E-state index in [0.29, 0.717) is 30.6 Å². The zero-order chi connectivity index (χ0) is 15.7. The van der Waals surface area contributed by atoms with Crippen LogP contribution in [0, 0.1) is 0 Å². The average molecular weight is 294 g/mol. The van der Waals surface area contributed by atoms with E-state index in [1.54, 1.807) is 6.07 Å². The summed E-state index contributed by atoms with van der Waals surface area (Å²) in [6, 6.07) is 7.72. The molecule has 1 rings (SSSR count).